The van der Waals surface area contributed by atoms with Crippen LogP contribution in [-0.4, -0.2) is 16.7 Å². The molecule has 0 amide bonds. The highest BCUT2D eigenvalue weighted by Gasteiger charge is 2.22. The molecule has 0 saturated heterocycles. The number of hydrogen-bond acceptors (Lipinski definition) is 8. The van der Waals surface area contributed by atoms with Crippen molar-refractivity contribution in [2.24, 2.45) is 0 Å². The maximum atomic E-state index is 13.6. The van der Waals surface area contributed by atoms with Crippen LogP contribution in [0.5, 0.6) is 0 Å². The maximum absolute atomic E-state index is 13.6. The van der Waals surface area contributed by atoms with Gasteiger partial charge in [0.2, 0.25) is 0 Å². The third-order valence-electron chi connectivity index (χ3n) is 6.32. The number of hydrogen-bond donors (Lipinski definition) is 6. The molecule has 4 aromatic rings. The van der Waals surface area contributed by atoms with Crippen molar-refractivity contribution in [2.45, 2.75) is 18.5 Å². The van der Waals surface area contributed by atoms with Crippen LogP contribution in [0.1, 0.15) is 35.2 Å². The molecule has 192 valence electrons. The molecule has 10 heteroatoms. The second-order valence-electron chi connectivity index (χ2n) is 8.76. The first-order valence-corrected chi connectivity index (χ1v) is 12.4. The Bertz CT molecular complexity index is 1510. The molecule has 0 bridgehead atoms. The number of rotatable bonds is 9. The Kier molecular flexibility index (Phi) is 7.56. The number of benzene rings is 3. The van der Waals surface area contributed by atoms with Crippen LogP contribution in [0.4, 0.5) is 15.8 Å². The molecule has 1 aliphatic heterocycles. The lowest BCUT2D eigenvalue weighted by Crippen LogP contribution is -2.33. The van der Waals surface area contributed by atoms with Crippen molar-refractivity contribution < 1.29 is 9.50 Å². The molecule has 2 atom stereocenters. The van der Waals surface area contributed by atoms with Gasteiger partial charge in [0.25, 0.3) is 0 Å². The van der Waals surface area contributed by atoms with Gasteiger partial charge >= 0.3 is 0 Å². The van der Waals surface area contributed by atoms with Crippen LogP contribution in [0.15, 0.2) is 84.8 Å². The van der Waals surface area contributed by atoms with Crippen molar-refractivity contribution in [1.29, 1.82) is 5.26 Å². The minimum Gasteiger partial charge on any atom is -0.396 e. The number of fused-ring (bicyclic) bond motifs is 1. The smallest absolute Gasteiger partial charge is 0.123 e. The van der Waals surface area contributed by atoms with E-state index in [1.54, 1.807) is 24.4 Å². The summed E-state index contributed by atoms with van der Waals surface area (Å²) in [7, 11) is 0. The normalized spacial score (nSPS) is 14.1. The topological polar surface area (TPSA) is 117 Å². The zero-order valence-electron chi connectivity index (χ0n) is 20.2. The van der Waals surface area contributed by atoms with Crippen molar-refractivity contribution in [3.63, 3.8) is 0 Å². The molecule has 38 heavy (non-hydrogen) atoms. The van der Waals surface area contributed by atoms with Gasteiger partial charge in [-0.15, -0.1) is 0 Å². The fourth-order valence-corrected chi connectivity index (χ4v) is 4.74. The lowest BCUT2D eigenvalue weighted by atomic mass is 10.0. The summed E-state index contributed by atoms with van der Waals surface area (Å²) in [6.45, 7) is -0.0332. The Morgan fingerprint density at radius 3 is 2.53 bits per heavy atom. The third kappa shape index (κ3) is 5.33. The van der Waals surface area contributed by atoms with Crippen molar-refractivity contribution in [3.8, 4) is 6.07 Å². The molecule has 0 spiro atoms. The van der Waals surface area contributed by atoms with E-state index in [0.29, 0.717) is 39.3 Å². The number of hydrazine groups is 2. The monoisotopic (exact) mass is 529 g/mol. The fourth-order valence-electron chi connectivity index (χ4n) is 4.47. The number of nitrogens with one attached hydrogen (secondary N) is 5. The van der Waals surface area contributed by atoms with Gasteiger partial charge in [-0.3, -0.25) is 4.98 Å². The highest BCUT2D eigenvalue weighted by Crippen LogP contribution is 2.37. The molecule has 0 radical (unpaired) electrons. The fraction of sp³-hybridized carbons (Fsp3) is 0.143. The van der Waals surface area contributed by atoms with E-state index < -0.39 is 0 Å². The first-order chi connectivity index (χ1) is 18.6. The Morgan fingerprint density at radius 1 is 1.05 bits per heavy atom. The summed E-state index contributed by atoms with van der Waals surface area (Å²) in [4.78, 5) is 4.45. The summed E-state index contributed by atoms with van der Waals surface area (Å²) in [5.41, 5.74) is 13.5. The summed E-state index contributed by atoms with van der Waals surface area (Å²) >= 11 is 6.70. The van der Waals surface area contributed by atoms with Crippen molar-refractivity contribution in [3.05, 3.63) is 112 Å². The number of halogens is 2. The van der Waals surface area contributed by atoms with Gasteiger partial charge < -0.3 is 26.6 Å². The van der Waals surface area contributed by atoms with E-state index in [1.165, 1.54) is 18.3 Å². The molecule has 0 fully saturated rings. The lowest BCUT2D eigenvalue weighted by molar-refractivity contribution is 0.280. The largest absolute Gasteiger partial charge is 0.396 e. The molecule has 2 heterocycles. The van der Waals surface area contributed by atoms with Crippen molar-refractivity contribution in [2.75, 3.05) is 17.2 Å². The van der Waals surface area contributed by atoms with Crippen LogP contribution in [0.3, 0.4) is 0 Å². The molecule has 0 saturated carbocycles. The Balaban J connectivity index is 1.58. The number of pyridine rings is 1. The molecule has 8 nitrogen and oxygen atoms in total. The summed E-state index contributed by atoms with van der Waals surface area (Å²) < 4.78 is 13.6. The number of anilines is 2. The number of nitriles is 1. The van der Waals surface area contributed by atoms with E-state index in [4.69, 9.17) is 11.6 Å². The third-order valence-corrected chi connectivity index (χ3v) is 6.60. The second kappa shape index (κ2) is 11.4. The van der Waals surface area contributed by atoms with Crippen LogP contribution in [0, 0.1) is 17.1 Å². The van der Waals surface area contributed by atoms with Crippen LogP contribution in [0.2, 0.25) is 5.02 Å². The van der Waals surface area contributed by atoms with E-state index in [9.17, 15) is 14.8 Å². The van der Waals surface area contributed by atoms with Crippen molar-refractivity contribution >= 4 is 33.9 Å². The molecule has 0 unspecified atom stereocenters. The average Bonchev–Trinajstić information content (AvgIpc) is 3.47. The molecule has 1 aliphatic rings. The van der Waals surface area contributed by atoms with E-state index in [0.717, 1.165) is 16.8 Å². The van der Waals surface area contributed by atoms with E-state index in [1.807, 2.05) is 36.4 Å². The minimum absolute atomic E-state index is 0.0332. The molecule has 3 aromatic carbocycles. The van der Waals surface area contributed by atoms with E-state index in [-0.39, 0.29) is 24.5 Å². The quantitative estimate of drug-likeness (QED) is 0.178. The van der Waals surface area contributed by atoms with Gasteiger partial charge in [0.05, 0.1) is 39.6 Å². The number of aromatic nitrogens is 1. The summed E-state index contributed by atoms with van der Waals surface area (Å²) in [6.07, 6.45) is 3.71. The summed E-state index contributed by atoms with van der Waals surface area (Å²) in [6, 6.07) is 21.2. The zero-order chi connectivity index (χ0) is 26.5. The van der Waals surface area contributed by atoms with E-state index >= 15 is 0 Å². The predicted molar refractivity (Wildman–Crippen MR) is 146 cm³/mol. The average molecular weight is 530 g/mol. The van der Waals surface area contributed by atoms with Gasteiger partial charge in [0.15, 0.2) is 0 Å². The highest BCUT2D eigenvalue weighted by molar-refractivity contribution is 6.35. The first-order valence-electron chi connectivity index (χ1n) is 12.0. The van der Waals surface area contributed by atoms with Crippen LogP contribution >= 0.6 is 11.6 Å². The lowest BCUT2D eigenvalue weighted by Gasteiger charge is -2.24. The molecule has 5 rings (SSSR count). The number of aliphatic hydroxyl groups is 1. The standard InChI is InChI=1S/C28H25ClFN7O/c29-23-13-21(34-27(25-16-33-37-36-25)18-6-8-20(30)9-7-18)12-22-26(19(14-31)15-32-28(22)23)35-24(10-11-38)17-4-2-1-3-5-17/h1-9,12-13,15-16,24,27,33-34,36-38H,10-11H2,(H,32,35)/t24-,27-/m0/s1. The summed E-state index contributed by atoms with van der Waals surface area (Å²) in [5.74, 6) is -0.326. The number of nitrogens with zero attached hydrogens (tertiary/aromatic N) is 2. The van der Waals surface area contributed by atoms with Crippen molar-refractivity contribution in [1.82, 2.24) is 21.4 Å². The van der Waals surface area contributed by atoms with E-state index in [2.05, 4.69) is 38.1 Å². The second-order valence-corrected chi connectivity index (χ2v) is 9.16. The highest BCUT2D eigenvalue weighted by atomic mass is 35.5. The van der Waals surface area contributed by atoms with Gasteiger partial charge in [-0.25, -0.2) is 4.39 Å². The summed E-state index contributed by atoms with van der Waals surface area (Å²) in [5, 5.41) is 27.6. The number of aliphatic hydroxyl groups excluding tert-OH is 1. The van der Waals surface area contributed by atoms with Crippen LogP contribution < -0.4 is 27.0 Å². The Labute approximate surface area is 224 Å². The Morgan fingerprint density at radius 2 is 1.84 bits per heavy atom. The van der Waals surface area contributed by atoms with Gasteiger partial charge in [-0.05, 0) is 41.8 Å². The maximum Gasteiger partial charge on any atom is 0.123 e. The van der Waals surface area contributed by atoms with Crippen LogP contribution in [0.25, 0.3) is 10.9 Å². The predicted octanol–water partition coefficient (Wildman–Crippen LogP) is 5.04. The van der Waals surface area contributed by atoms with Gasteiger partial charge in [-0.2, -0.15) is 10.8 Å². The minimum atomic E-state index is -0.374. The molecule has 6 N–H and O–H groups in total. The molecule has 0 aliphatic carbocycles. The zero-order valence-corrected chi connectivity index (χ0v) is 20.9. The SMILES string of the molecule is N#Cc1cnc2c(Cl)cc(N[C@H](C3=CNNN3)c3ccc(F)cc3)cc2c1N[C@@H](CCO)c1ccccc1. The molecular formula is C28H25ClFN7O. The molecule has 1 aromatic heterocycles. The first kappa shape index (κ1) is 25.3. The molecular weight excluding hydrogens is 505 g/mol. The van der Waals surface area contributed by atoms with Crippen LogP contribution in [-0.2, 0) is 0 Å². The Hall–Kier alpha value is -4.36. The van der Waals surface area contributed by atoms with Gasteiger partial charge in [0.1, 0.15) is 11.9 Å². The van der Waals surface area contributed by atoms with Gasteiger partial charge in [-0.1, -0.05) is 54.1 Å². The van der Waals surface area contributed by atoms with Gasteiger partial charge in [0, 0.05) is 30.1 Å².